The minimum atomic E-state index is -1.19. The minimum Gasteiger partial charge on any atom is -0.480 e. The molecule has 1 fully saturated rings. The van der Waals surface area contributed by atoms with E-state index in [1.807, 2.05) is 6.07 Å². The van der Waals surface area contributed by atoms with Gasteiger partial charge in [-0.05, 0) is 24.9 Å². The fraction of sp³-hybridized carbons (Fsp3) is 0.471. The molecule has 1 heterocycles. The molecule has 0 aromatic heterocycles. The Balaban J connectivity index is 1.95. The van der Waals surface area contributed by atoms with Crippen molar-refractivity contribution < 1.29 is 24.6 Å². The van der Waals surface area contributed by atoms with Crippen LogP contribution in [0.3, 0.4) is 0 Å². The normalized spacial score (nSPS) is 19.0. The lowest BCUT2D eigenvalue weighted by atomic mass is 10.1. The first-order chi connectivity index (χ1) is 12.0. The lowest BCUT2D eigenvalue weighted by molar-refractivity contribution is -0.142. The molecule has 3 atom stereocenters. The van der Waals surface area contributed by atoms with Crippen LogP contribution >= 0.6 is 0 Å². The van der Waals surface area contributed by atoms with E-state index in [0.717, 1.165) is 18.5 Å². The average Bonchev–Trinajstić information content (AvgIpc) is 3.14. The van der Waals surface area contributed by atoms with E-state index in [9.17, 15) is 24.6 Å². The van der Waals surface area contributed by atoms with E-state index in [1.54, 1.807) is 24.3 Å². The summed E-state index contributed by atoms with van der Waals surface area (Å²) in [6, 6.07) is 6.17. The van der Waals surface area contributed by atoms with Crippen LogP contribution < -0.4 is 16.0 Å². The summed E-state index contributed by atoms with van der Waals surface area (Å²) in [5, 5.41) is 26.5. The molecule has 0 aliphatic carbocycles. The summed E-state index contributed by atoms with van der Waals surface area (Å²) in [4.78, 5) is 35.7. The van der Waals surface area contributed by atoms with Crippen molar-refractivity contribution >= 4 is 17.8 Å². The molecule has 0 bridgehead atoms. The summed E-state index contributed by atoms with van der Waals surface area (Å²) in [5.41, 5.74) is 0.759. The molecule has 25 heavy (non-hydrogen) atoms. The molecule has 1 aromatic rings. The number of aliphatic hydroxyl groups excluding tert-OH is 1. The summed E-state index contributed by atoms with van der Waals surface area (Å²) in [6.07, 6.45) is 1.64. The van der Waals surface area contributed by atoms with Crippen LogP contribution in [0.4, 0.5) is 0 Å². The van der Waals surface area contributed by atoms with Crippen LogP contribution in [-0.4, -0.2) is 59.3 Å². The zero-order valence-corrected chi connectivity index (χ0v) is 13.8. The topological polar surface area (TPSA) is 128 Å². The van der Waals surface area contributed by atoms with Gasteiger partial charge in [-0.1, -0.05) is 30.3 Å². The van der Waals surface area contributed by atoms with Crippen LogP contribution in [0, 0.1) is 0 Å². The molecule has 136 valence electrons. The molecule has 1 aromatic carbocycles. The van der Waals surface area contributed by atoms with Gasteiger partial charge in [0.25, 0.3) is 0 Å². The molecule has 5 N–H and O–H groups in total. The first-order valence-electron chi connectivity index (χ1n) is 8.23. The second kappa shape index (κ2) is 9.14. The third-order valence-corrected chi connectivity index (χ3v) is 4.09. The third-order valence-electron chi connectivity index (χ3n) is 4.09. The van der Waals surface area contributed by atoms with E-state index in [1.165, 1.54) is 0 Å². The highest BCUT2D eigenvalue weighted by Gasteiger charge is 2.29. The van der Waals surface area contributed by atoms with Gasteiger partial charge >= 0.3 is 5.97 Å². The zero-order chi connectivity index (χ0) is 18.2. The molecule has 1 saturated heterocycles. The van der Waals surface area contributed by atoms with E-state index >= 15 is 0 Å². The second-order valence-corrected chi connectivity index (χ2v) is 5.98. The zero-order valence-electron chi connectivity index (χ0n) is 13.8. The van der Waals surface area contributed by atoms with Gasteiger partial charge in [-0.2, -0.15) is 0 Å². The quantitative estimate of drug-likeness (QED) is 0.411. The lowest BCUT2D eigenvalue weighted by Gasteiger charge is -2.21. The molecule has 8 heteroatoms. The van der Waals surface area contributed by atoms with Crippen molar-refractivity contribution in [3.63, 3.8) is 0 Å². The Morgan fingerprint density at radius 3 is 2.44 bits per heavy atom. The number of carboxylic acid groups (broad SMARTS) is 1. The van der Waals surface area contributed by atoms with Crippen LogP contribution in [0.5, 0.6) is 0 Å². The fourth-order valence-electron chi connectivity index (χ4n) is 2.70. The maximum atomic E-state index is 12.3. The number of amides is 2. The molecule has 1 aliphatic heterocycles. The standard InChI is InChI=1S/C17H23N3O5/c21-10-14(20-15(22)12-7-4-8-18-12)16(23)19-13(17(24)25)9-11-5-2-1-3-6-11/h1-3,5-6,12-14,18,21H,4,7-10H2,(H,19,23)(H,20,22)(H,24,25). The molecular formula is C17H23N3O5. The van der Waals surface area contributed by atoms with Gasteiger partial charge in [0.15, 0.2) is 0 Å². The van der Waals surface area contributed by atoms with Crippen LogP contribution in [0.25, 0.3) is 0 Å². The first-order valence-corrected chi connectivity index (χ1v) is 8.23. The molecule has 2 amide bonds. The predicted octanol–water partition coefficient (Wildman–Crippen LogP) is -0.972. The van der Waals surface area contributed by atoms with E-state index in [2.05, 4.69) is 16.0 Å². The number of benzene rings is 1. The number of nitrogens with one attached hydrogen (secondary N) is 3. The monoisotopic (exact) mass is 349 g/mol. The largest absolute Gasteiger partial charge is 0.480 e. The Morgan fingerprint density at radius 2 is 1.88 bits per heavy atom. The highest BCUT2D eigenvalue weighted by atomic mass is 16.4. The van der Waals surface area contributed by atoms with Crippen molar-refractivity contribution in [3.8, 4) is 0 Å². The molecular weight excluding hydrogens is 326 g/mol. The average molecular weight is 349 g/mol. The number of aliphatic carboxylic acids is 1. The number of hydrogen-bond acceptors (Lipinski definition) is 5. The van der Waals surface area contributed by atoms with Gasteiger partial charge in [0.2, 0.25) is 11.8 Å². The molecule has 1 aliphatic rings. The van der Waals surface area contributed by atoms with Gasteiger partial charge in [-0.3, -0.25) is 9.59 Å². The van der Waals surface area contributed by atoms with Gasteiger partial charge in [-0.25, -0.2) is 4.79 Å². The summed E-state index contributed by atoms with van der Waals surface area (Å²) in [5.74, 6) is -2.28. The third kappa shape index (κ3) is 5.54. The van der Waals surface area contributed by atoms with Gasteiger partial charge in [0, 0.05) is 6.42 Å². The van der Waals surface area contributed by atoms with Gasteiger partial charge in [0.1, 0.15) is 12.1 Å². The SMILES string of the molecule is O=C(O)C(Cc1ccccc1)NC(=O)C(CO)NC(=O)C1CCCN1. The van der Waals surface area contributed by atoms with Crippen LogP contribution in [0.1, 0.15) is 18.4 Å². The maximum Gasteiger partial charge on any atom is 0.326 e. The van der Waals surface area contributed by atoms with Gasteiger partial charge < -0.3 is 26.2 Å². The van der Waals surface area contributed by atoms with Crippen LogP contribution in [0.2, 0.25) is 0 Å². The van der Waals surface area contributed by atoms with Gasteiger partial charge in [0.05, 0.1) is 12.6 Å². The molecule has 8 nitrogen and oxygen atoms in total. The van der Waals surface area contributed by atoms with E-state index < -0.39 is 30.6 Å². The van der Waals surface area contributed by atoms with Crippen LogP contribution in [-0.2, 0) is 20.8 Å². The molecule has 2 rings (SSSR count). The Hall–Kier alpha value is -2.45. The number of carbonyl (C=O) groups excluding carboxylic acids is 2. The molecule has 0 spiro atoms. The van der Waals surface area contributed by atoms with Crippen molar-refractivity contribution in [3.05, 3.63) is 35.9 Å². The van der Waals surface area contributed by atoms with Crippen LogP contribution in [0.15, 0.2) is 30.3 Å². The summed E-state index contributed by atoms with van der Waals surface area (Å²) < 4.78 is 0. The van der Waals surface area contributed by atoms with Crippen molar-refractivity contribution in [1.29, 1.82) is 0 Å². The molecule has 3 unspecified atom stereocenters. The predicted molar refractivity (Wildman–Crippen MR) is 89.8 cm³/mol. The minimum absolute atomic E-state index is 0.109. The number of rotatable bonds is 8. The summed E-state index contributed by atoms with van der Waals surface area (Å²) >= 11 is 0. The number of carboxylic acids is 1. The fourth-order valence-corrected chi connectivity index (χ4v) is 2.70. The number of hydrogen-bond donors (Lipinski definition) is 5. The van der Waals surface area contributed by atoms with Crippen molar-refractivity contribution in [2.24, 2.45) is 0 Å². The van der Waals surface area contributed by atoms with E-state index in [4.69, 9.17) is 0 Å². The Kier molecular flexibility index (Phi) is 6.91. The van der Waals surface area contributed by atoms with E-state index in [0.29, 0.717) is 6.42 Å². The molecule has 0 saturated carbocycles. The van der Waals surface area contributed by atoms with E-state index in [-0.39, 0.29) is 18.4 Å². The Morgan fingerprint density at radius 1 is 1.16 bits per heavy atom. The first kappa shape index (κ1) is 18.9. The molecule has 0 radical (unpaired) electrons. The number of aliphatic hydroxyl groups is 1. The van der Waals surface area contributed by atoms with Crippen molar-refractivity contribution in [1.82, 2.24) is 16.0 Å². The van der Waals surface area contributed by atoms with Gasteiger partial charge in [-0.15, -0.1) is 0 Å². The lowest BCUT2D eigenvalue weighted by Crippen LogP contribution is -2.56. The number of carbonyl (C=O) groups is 3. The second-order valence-electron chi connectivity index (χ2n) is 5.98. The Bertz CT molecular complexity index is 602. The summed E-state index contributed by atoms with van der Waals surface area (Å²) in [6.45, 7) is 0.119. The van der Waals surface area contributed by atoms with Crippen molar-refractivity contribution in [2.75, 3.05) is 13.2 Å². The highest BCUT2D eigenvalue weighted by Crippen LogP contribution is 2.06. The smallest absolute Gasteiger partial charge is 0.326 e. The highest BCUT2D eigenvalue weighted by molar-refractivity contribution is 5.92. The summed E-state index contributed by atoms with van der Waals surface area (Å²) in [7, 11) is 0. The van der Waals surface area contributed by atoms with Crippen molar-refractivity contribution in [2.45, 2.75) is 37.4 Å². The Labute approximate surface area is 145 Å². The maximum absolute atomic E-state index is 12.3.